The van der Waals surface area contributed by atoms with Gasteiger partial charge in [-0.15, -0.1) is 4.99 Å². The van der Waals surface area contributed by atoms with Crippen molar-refractivity contribution in [3.63, 3.8) is 0 Å². The Labute approximate surface area is 126 Å². The van der Waals surface area contributed by atoms with Crippen LogP contribution >= 0.6 is 0 Å². The highest BCUT2D eigenvalue weighted by Crippen LogP contribution is 2.22. The van der Waals surface area contributed by atoms with Crippen molar-refractivity contribution in [2.75, 3.05) is 34.8 Å². The van der Waals surface area contributed by atoms with Crippen molar-refractivity contribution in [1.82, 2.24) is 15.1 Å². The lowest BCUT2D eigenvalue weighted by Gasteiger charge is -2.26. The molecule has 0 spiro atoms. The molecule has 1 rings (SSSR count). The number of urea groups is 1. The molecule has 0 unspecified atom stereocenters. The molecule has 1 aliphatic rings. The maximum absolute atomic E-state index is 12.2. The van der Waals surface area contributed by atoms with E-state index in [-0.39, 0.29) is 12.0 Å². The summed E-state index contributed by atoms with van der Waals surface area (Å²) in [5.74, 6) is 0.791. The molecule has 120 valence electrons. The fourth-order valence-electron chi connectivity index (χ4n) is 2.43. The van der Waals surface area contributed by atoms with E-state index in [9.17, 15) is 9.59 Å². The summed E-state index contributed by atoms with van der Waals surface area (Å²) in [5, 5.41) is 2.91. The van der Waals surface area contributed by atoms with Gasteiger partial charge in [0, 0.05) is 27.7 Å². The van der Waals surface area contributed by atoms with Crippen molar-refractivity contribution in [1.29, 1.82) is 0 Å². The first-order valence-corrected chi connectivity index (χ1v) is 7.31. The maximum Gasteiger partial charge on any atom is 0.436 e. The van der Waals surface area contributed by atoms with Gasteiger partial charge in [0.15, 0.2) is 0 Å². The molecule has 1 N–H and O–H groups in total. The van der Waals surface area contributed by atoms with Crippen molar-refractivity contribution in [2.45, 2.75) is 32.1 Å². The molecule has 0 aromatic heterocycles. The van der Waals surface area contributed by atoms with Gasteiger partial charge in [-0.1, -0.05) is 19.3 Å². The lowest BCUT2D eigenvalue weighted by molar-refractivity contribution is 0.181. The summed E-state index contributed by atoms with van der Waals surface area (Å²) in [7, 11) is 6.26. The average molecular weight is 298 g/mol. The zero-order valence-corrected chi connectivity index (χ0v) is 13.4. The van der Waals surface area contributed by atoms with Gasteiger partial charge in [0.05, 0.1) is 7.11 Å². The van der Waals surface area contributed by atoms with Crippen LogP contribution in [0.25, 0.3) is 0 Å². The van der Waals surface area contributed by atoms with Gasteiger partial charge in [-0.05, 0) is 18.8 Å². The van der Waals surface area contributed by atoms with Gasteiger partial charge in [-0.2, -0.15) is 0 Å². The molecule has 7 heteroatoms. The van der Waals surface area contributed by atoms with E-state index in [1.54, 1.807) is 26.0 Å². The largest absolute Gasteiger partial charge is 0.451 e. The molecule has 0 atom stereocenters. The first-order valence-electron chi connectivity index (χ1n) is 7.31. The summed E-state index contributed by atoms with van der Waals surface area (Å²) in [6.45, 7) is 0.669. The Morgan fingerprint density at radius 1 is 1.19 bits per heavy atom. The van der Waals surface area contributed by atoms with Gasteiger partial charge in [0.2, 0.25) is 5.96 Å². The van der Waals surface area contributed by atoms with E-state index in [2.05, 4.69) is 15.0 Å². The number of ether oxygens (including phenoxy) is 1. The fourth-order valence-corrected chi connectivity index (χ4v) is 2.43. The van der Waals surface area contributed by atoms with E-state index in [0.29, 0.717) is 12.5 Å². The molecule has 0 saturated heterocycles. The van der Waals surface area contributed by atoms with Crippen molar-refractivity contribution in [2.24, 2.45) is 10.9 Å². The molecule has 0 aliphatic heterocycles. The lowest BCUT2D eigenvalue weighted by atomic mass is 9.89. The number of nitrogens with one attached hydrogen (secondary N) is 1. The normalized spacial score (nSPS) is 16.3. The highest BCUT2D eigenvalue weighted by Gasteiger charge is 2.20. The molecule has 21 heavy (non-hydrogen) atoms. The Morgan fingerprint density at radius 2 is 1.81 bits per heavy atom. The predicted octanol–water partition coefficient (Wildman–Crippen LogP) is 1.89. The Kier molecular flexibility index (Phi) is 6.98. The molecule has 0 bridgehead atoms. The van der Waals surface area contributed by atoms with Crippen LogP contribution in [-0.4, -0.2) is 62.7 Å². The van der Waals surface area contributed by atoms with Crippen LogP contribution in [-0.2, 0) is 4.74 Å². The number of rotatable bonds is 2. The van der Waals surface area contributed by atoms with Gasteiger partial charge < -0.3 is 15.0 Å². The van der Waals surface area contributed by atoms with Crippen LogP contribution in [0.3, 0.4) is 0 Å². The third-order valence-corrected chi connectivity index (χ3v) is 3.64. The average Bonchev–Trinajstić information content (AvgIpc) is 2.49. The minimum absolute atomic E-state index is 0.239. The van der Waals surface area contributed by atoms with Crippen LogP contribution in [0.5, 0.6) is 0 Å². The van der Waals surface area contributed by atoms with E-state index in [4.69, 9.17) is 0 Å². The van der Waals surface area contributed by atoms with Gasteiger partial charge in [-0.25, -0.2) is 9.59 Å². The summed E-state index contributed by atoms with van der Waals surface area (Å²) in [5.41, 5.74) is 0. The molecule has 1 saturated carbocycles. The summed E-state index contributed by atoms with van der Waals surface area (Å²) >= 11 is 0. The van der Waals surface area contributed by atoms with Gasteiger partial charge in [-0.3, -0.25) is 4.90 Å². The molecule has 1 aliphatic carbocycles. The number of hydrogen-bond donors (Lipinski definition) is 1. The molecule has 0 heterocycles. The van der Waals surface area contributed by atoms with Crippen molar-refractivity contribution in [3.05, 3.63) is 0 Å². The predicted molar refractivity (Wildman–Crippen MR) is 81.3 cm³/mol. The first-order chi connectivity index (χ1) is 9.95. The van der Waals surface area contributed by atoms with E-state index in [0.717, 1.165) is 0 Å². The van der Waals surface area contributed by atoms with E-state index in [1.165, 1.54) is 44.1 Å². The number of amides is 3. The molecule has 0 aromatic rings. The van der Waals surface area contributed by atoms with Crippen molar-refractivity contribution in [3.8, 4) is 0 Å². The third kappa shape index (κ3) is 5.61. The second-order valence-corrected chi connectivity index (χ2v) is 5.53. The smallest absolute Gasteiger partial charge is 0.436 e. The minimum Gasteiger partial charge on any atom is -0.451 e. The van der Waals surface area contributed by atoms with Crippen LogP contribution < -0.4 is 5.32 Å². The van der Waals surface area contributed by atoms with Gasteiger partial charge in [0.1, 0.15) is 0 Å². The number of aliphatic imine (C=N–C) groups is 1. The molecular formula is C14H26N4O3. The van der Waals surface area contributed by atoms with Crippen molar-refractivity contribution >= 4 is 18.1 Å². The van der Waals surface area contributed by atoms with Crippen LogP contribution in [0.4, 0.5) is 9.59 Å². The number of carbonyl (C=O) groups is 2. The standard InChI is InChI=1S/C14H26N4O3/c1-17(2)12(16-14(20)21-4)18(3)13(19)15-10-11-8-6-5-7-9-11/h11H,5-10H2,1-4H3,(H,15,19). The van der Waals surface area contributed by atoms with Crippen LogP contribution in [0.2, 0.25) is 0 Å². The topological polar surface area (TPSA) is 74.2 Å². The van der Waals surface area contributed by atoms with Crippen LogP contribution in [0, 0.1) is 5.92 Å². The van der Waals surface area contributed by atoms with E-state index >= 15 is 0 Å². The third-order valence-electron chi connectivity index (χ3n) is 3.64. The SMILES string of the molecule is COC(=O)N=C(N(C)C)N(C)C(=O)NCC1CCCCC1. The summed E-state index contributed by atoms with van der Waals surface area (Å²) < 4.78 is 4.50. The minimum atomic E-state index is -0.731. The highest BCUT2D eigenvalue weighted by atomic mass is 16.5. The Bertz CT molecular complexity index is 390. The number of carbonyl (C=O) groups excluding carboxylic acids is 2. The molecule has 7 nitrogen and oxygen atoms in total. The first kappa shape index (κ1) is 17.3. The molecule has 1 fully saturated rings. The van der Waals surface area contributed by atoms with Crippen LogP contribution in [0.15, 0.2) is 4.99 Å². The molecule has 0 radical (unpaired) electrons. The van der Waals surface area contributed by atoms with Gasteiger partial charge >= 0.3 is 12.1 Å². The van der Waals surface area contributed by atoms with Crippen molar-refractivity contribution < 1.29 is 14.3 Å². The highest BCUT2D eigenvalue weighted by molar-refractivity contribution is 5.99. The van der Waals surface area contributed by atoms with E-state index in [1.807, 2.05) is 0 Å². The number of methoxy groups -OCH3 is 1. The summed E-state index contributed by atoms with van der Waals surface area (Å²) in [4.78, 5) is 30.1. The summed E-state index contributed by atoms with van der Waals surface area (Å²) in [6.07, 6.45) is 5.37. The van der Waals surface area contributed by atoms with E-state index < -0.39 is 6.09 Å². The van der Waals surface area contributed by atoms with Crippen LogP contribution in [0.1, 0.15) is 32.1 Å². The zero-order chi connectivity index (χ0) is 15.8. The van der Waals surface area contributed by atoms with Gasteiger partial charge in [0.25, 0.3) is 0 Å². The number of hydrogen-bond acceptors (Lipinski definition) is 3. The maximum atomic E-state index is 12.2. The quantitative estimate of drug-likeness (QED) is 0.624. The zero-order valence-electron chi connectivity index (χ0n) is 13.4. The number of guanidine groups is 1. The Morgan fingerprint density at radius 3 is 2.33 bits per heavy atom. The fraction of sp³-hybridized carbons (Fsp3) is 0.786. The second kappa shape index (κ2) is 8.49. The monoisotopic (exact) mass is 298 g/mol. The lowest BCUT2D eigenvalue weighted by Crippen LogP contribution is -2.48. The summed E-state index contributed by atoms with van der Waals surface area (Å²) in [6, 6.07) is -0.267. The molecular weight excluding hydrogens is 272 g/mol. The second-order valence-electron chi connectivity index (χ2n) is 5.53. The Hall–Kier alpha value is -1.79. The Balaban J connectivity index is 2.57. The number of nitrogens with zero attached hydrogens (tertiary/aromatic N) is 3. The molecule has 3 amide bonds. The molecule has 0 aromatic carbocycles.